The lowest BCUT2D eigenvalue weighted by atomic mass is 10.1. The first-order valence-electron chi connectivity index (χ1n) is 6.14. The fourth-order valence-corrected chi connectivity index (χ4v) is 1.70. The SMILES string of the molecule is C=CCN(C(=O)NC(CCC(N)=O)C(=O)O)C1CC1. The molecule has 7 heteroatoms. The fraction of sp³-hybridized carbons (Fsp3) is 0.583. The molecule has 3 amide bonds. The number of nitrogens with two attached hydrogens (primary N) is 1. The molecular weight excluding hydrogens is 250 g/mol. The van der Waals surface area contributed by atoms with Gasteiger partial charge in [-0.3, -0.25) is 4.79 Å². The fourth-order valence-electron chi connectivity index (χ4n) is 1.70. The van der Waals surface area contributed by atoms with E-state index in [2.05, 4.69) is 11.9 Å². The van der Waals surface area contributed by atoms with Crippen LogP contribution in [0.1, 0.15) is 25.7 Å². The maximum absolute atomic E-state index is 12.0. The molecule has 0 aromatic heterocycles. The lowest BCUT2D eigenvalue weighted by Crippen LogP contribution is -2.49. The van der Waals surface area contributed by atoms with Crippen LogP contribution in [0.15, 0.2) is 12.7 Å². The minimum Gasteiger partial charge on any atom is -0.480 e. The maximum atomic E-state index is 12.0. The summed E-state index contributed by atoms with van der Waals surface area (Å²) in [7, 11) is 0. The first kappa shape index (κ1) is 15.0. The minimum absolute atomic E-state index is 0.0109. The highest BCUT2D eigenvalue weighted by Crippen LogP contribution is 2.26. The number of rotatable bonds is 8. The standard InChI is InChI=1S/C12H19N3O4/c1-2-7-15(8-3-4-8)12(19)14-9(11(17)18)5-6-10(13)16/h2,8-9H,1,3-7H2,(H2,13,16)(H,14,19)(H,17,18). The van der Waals surface area contributed by atoms with Gasteiger partial charge in [0.2, 0.25) is 5.91 Å². The Morgan fingerprint density at radius 2 is 2.11 bits per heavy atom. The summed E-state index contributed by atoms with van der Waals surface area (Å²) in [6, 6.07) is -1.39. The highest BCUT2D eigenvalue weighted by atomic mass is 16.4. The highest BCUT2D eigenvalue weighted by molar-refractivity contribution is 5.83. The van der Waals surface area contributed by atoms with E-state index in [0.717, 1.165) is 12.8 Å². The van der Waals surface area contributed by atoms with E-state index >= 15 is 0 Å². The molecular formula is C12H19N3O4. The zero-order valence-electron chi connectivity index (χ0n) is 10.7. The number of aliphatic carboxylic acids is 1. The second-order valence-electron chi connectivity index (χ2n) is 4.52. The molecule has 106 valence electrons. The number of carboxylic acids is 1. The van der Waals surface area contributed by atoms with Gasteiger partial charge in [0, 0.05) is 19.0 Å². The Morgan fingerprint density at radius 3 is 2.53 bits per heavy atom. The van der Waals surface area contributed by atoms with Crippen LogP contribution in [0.25, 0.3) is 0 Å². The molecule has 0 aromatic rings. The third kappa shape index (κ3) is 4.99. The second kappa shape index (κ2) is 6.77. The number of urea groups is 1. The molecule has 0 radical (unpaired) electrons. The topological polar surface area (TPSA) is 113 Å². The Hall–Kier alpha value is -2.05. The number of carbonyl (C=O) groups is 3. The third-order valence-corrected chi connectivity index (χ3v) is 2.85. The van der Waals surface area contributed by atoms with Gasteiger partial charge in [0.15, 0.2) is 0 Å². The van der Waals surface area contributed by atoms with Gasteiger partial charge in [0.05, 0.1) is 0 Å². The zero-order chi connectivity index (χ0) is 14.4. The van der Waals surface area contributed by atoms with E-state index in [9.17, 15) is 14.4 Å². The molecule has 7 nitrogen and oxygen atoms in total. The monoisotopic (exact) mass is 269 g/mol. The predicted octanol–water partition coefficient (Wildman–Crippen LogP) is 0.0651. The van der Waals surface area contributed by atoms with Gasteiger partial charge >= 0.3 is 12.0 Å². The third-order valence-electron chi connectivity index (χ3n) is 2.85. The van der Waals surface area contributed by atoms with Gasteiger partial charge in [-0.25, -0.2) is 9.59 Å². The van der Waals surface area contributed by atoms with Crippen molar-refractivity contribution in [3.8, 4) is 0 Å². The van der Waals surface area contributed by atoms with Gasteiger partial charge in [-0.05, 0) is 19.3 Å². The highest BCUT2D eigenvalue weighted by Gasteiger charge is 2.33. The van der Waals surface area contributed by atoms with Crippen molar-refractivity contribution in [2.45, 2.75) is 37.8 Å². The van der Waals surface area contributed by atoms with E-state index in [4.69, 9.17) is 10.8 Å². The molecule has 1 fully saturated rings. The summed E-state index contributed by atoms with van der Waals surface area (Å²) >= 11 is 0. The number of amides is 3. The Morgan fingerprint density at radius 1 is 1.47 bits per heavy atom. The second-order valence-corrected chi connectivity index (χ2v) is 4.52. The van der Waals surface area contributed by atoms with Gasteiger partial charge in [-0.2, -0.15) is 0 Å². The van der Waals surface area contributed by atoms with Crippen LogP contribution >= 0.6 is 0 Å². The molecule has 1 aliphatic rings. The molecule has 0 aliphatic heterocycles. The summed E-state index contributed by atoms with van der Waals surface area (Å²) in [6.45, 7) is 3.94. The van der Waals surface area contributed by atoms with Crippen LogP contribution in [0.5, 0.6) is 0 Å². The molecule has 0 saturated heterocycles. The Kier molecular flexibility index (Phi) is 5.35. The van der Waals surface area contributed by atoms with Crippen LogP contribution in [0.3, 0.4) is 0 Å². The molecule has 4 N–H and O–H groups in total. The van der Waals surface area contributed by atoms with Gasteiger partial charge in [0.1, 0.15) is 6.04 Å². The quantitative estimate of drug-likeness (QED) is 0.541. The minimum atomic E-state index is -1.18. The van der Waals surface area contributed by atoms with Crippen molar-refractivity contribution in [2.75, 3.05) is 6.54 Å². The van der Waals surface area contributed by atoms with Crippen LogP contribution in [0, 0.1) is 0 Å². The summed E-state index contributed by atoms with van der Waals surface area (Å²) in [4.78, 5) is 35.2. The van der Waals surface area contributed by atoms with E-state index in [1.54, 1.807) is 11.0 Å². The van der Waals surface area contributed by atoms with Gasteiger partial charge < -0.3 is 21.1 Å². The molecule has 1 atom stereocenters. The average molecular weight is 269 g/mol. The van der Waals surface area contributed by atoms with Crippen molar-refractivity contribution in [1.29, 1.82) is 0 Å². The first-order valence-corrected chi connectivity index (χ1v) is 6.14. The van der Waals surface area contributed by atoms with E-state index in [1.807, 2.05) is 0 Å². The molecule has 0 heterocycles. The molecule has 1 rings (SSSR count). The van der Waals surface area contributed by atoms with E-state index in [1.165, 1.54) is 0 Å². The molecule has 0 spiro atoms. The number of primary amides is 1. The van der Waals surface area contributed by atoms with Crippen LogP contribution in [-0.4, -0.2) is 46.5 Å². The molecule has 1 aliphatic carbocycles. The van der Waals surface area contributed by atoms with E-state index in [0.29, 0.717) is 6.54 Å². The van der Waals surface area contributed by atoms with Crippen molar-refractivity contribution in [3.63, 3.8) is 0 Å². The van der Waals surface area contributed by atoms with Crippen molar-refractivity contribution in [1.82, 2.24) is 10.2 Å². The number of hydrogen-bond acceptors (Lipinski definition) is 3. The smallest absolute Gasteiger partial charge is 0.326 e. The lowest BCUT2D eigenvalue weighted by molar-refractivity contribution is -0.139. The normalized spacial score (nSPS) is 15.4. The number of carboxylic acid groups (broad SMARTS) is 1. The molecule has 1 unspecified atom stereocenters. The van der Waals surface area contributed by atoms with Gasteiger partial charge in [-0.15, -0.1) is 6.58 Å². The van der Waals surface area contributed by atoms with Crippen molar-refractivity contribution in [3.05, 3.63) is 12.7 Å². The maximum Gasteiger partial charge on any atom is 0.326 e. The van der Waals surface area contributed by atoms with Crippen molar-refractivity contribution >= 4 is 17.9 Å². The molecule has 0 bridgehead atoms. The van der Waals surface area contributed by atoms with Gasteiger partial charge in [0.25, 0.3) is 0 Å². The first-order chi connectivity index (χ1) is 8.95. The Labute approximate surface area is 111 Å². The van der Waals surface area contributed by atoms with Crippen LogP contribution < -0.4 is 11.1 Å². The van der Waals surface area contributed by atoms with Crippen molar-refractivity contribution in [2.24, 2.45) is 5.73 Å². The van der Waals surface area contributed by atoms with Crippen molar-refractivity contribution < 1.29 is 19.5 Å². The van der Waals surface area contributed by atoms with Gasteiger partial charge in [-0.1, -0.05) is 6.08 Å². The summed E-state index contributed by atoms with van der Waals surface area (Å²) in [5.74, 6) is -1.77. The summed E-state index contributed by atoms with van der Waals surface area (Å²) in [5, 5.41) is 11.4. The zero-order valence-corrected chi connectivity index (χ0v) is 10.7. The summed E-state index contributed by atoms with van der Waals surface area (Å²) < 4.78 is 0. The Balaban J connectivity index is 2.55. The number of nitrogens with one attached hydrogen (secondary N) is 1. The molecule has 0 aromatic carbocycles. The number of hydrogen-bond donors (Lipinski definition) is 3. The van der Waals surface area contributed by atoms with Crippen LogP contribution in [0.4, 0.5) is 4.79 Å². The average Bonchev–Trinajstić information content (AvgIpc) is 3.14. The predicted molar refractivity (Wildman–Crippen MR) is 68.3 cm³/mol. The Bertz CT molecular complexity index is 379. The number of carbonyl (C=O) groups excluding carboxylic acids is 2. The summed E-state index contributed by atoms with van der Waals surface area (Å²) in [6.07, 6.45) is 3.34. The van der Waals surface area contributed by atoms with Crippen LogP contribution in [-0.2, 0) is 9.59 Å². The largest absolute Gasteiger partial charge is 0.480 e. The van der Waals surface area contributed by atoms with E-state index in [-0.39, 0.29) is 18.9 Å². The lowest BCUT2D eigenvalue weighted by Gasteiger charge is -2.23. The summed E-state index contributed by atoms with van der Waals surface area (Å²) in [5.41, 5.74) is 4.97. The molecule has 1 saturated carbocycles. The van der Waals surface area contributed by atoms with E-state index < -0.39 is 23.9 Å². The van der Waals surface area contributed by atoms with Crippen LogP contribution in [0.2, 0.25) is 0 Å². The number of nitrogens with zero attached hydrogens (tertiary/aromatic N) is 1. The molecule has 19 heavy (non-hydrogen) atoms.